The lowest BCUT2D eigenvalue weighted by atomic mass is 9.84. The lowest BCUT2D eigenvalue weighted by molar-refractivity contribution is 0.0585. The summed E-state index contributed by atoms with van der Waals surface area (Å²) in [5.41, 5.74) is 13.0. The van der Waals surface area contributed by atoms with Crippen molar-refractivity contribution in [3.05, 3.63) is 121 Å². The normalized spacial score (nSPS) is 14.3. The fraction of sp³-hybridized carbons (Fsp3) is 0.352. The third-order valence-corrected chi connectivity index (χ3v) is 13.5. The number of esters is 2. The molecule has 0 radical (unpaired) electrons. The van der Waals surface area contributed by atoms with Crippen LogP contribution in [-0.2, 0) is 22.5 Å². The second-order valence-corrected chi connectivity index (χ2v) is 17.3. The van der Waals surface area contributed by atoms with E-state index in [9.17, 15) is 19.8 Å². The summed E-state index contributed by atoms with van der Waals surface area (Å²) in [4.78, 5) is 39.2. The van der Waals surface area contributed by atoms with E-state index >= 15 is 0 Å². The number of hydrogen-bond donors (Lipinski definition) is 3. The number of nitrogens with zero attached hydrogens (tertiary/aromatic N) is 3. The van der Waals surface area contributed by atoms with Gasteiger partial charge in [0, 0.05) is 32.5 Å². The van der Waals surface area contributed by atoms with Crippen molar-refractivity contribution in [2.75, 3.05) is 49.3 Å². The molecule has 0 saturated carbocycles. The van der Waals surface area contributed by atoms with Crippen molar-refractivity contribution in [3.63, 3.8) is 0 Å². The topological polar surface area (TPSA) is 181 Å². The number of nitrogens with one attached hydrogen (secondary N) is 1. The number of methoxy groups -OCH3 is 6. The molecule has 4 aromatic carbocycles. The van der Waals surface area contributed by atoms with E-state index in [1.807, 2.05) is 66.7 Å². The SMILES string of the molecule is COC(=O)c1cc2c(OC)c(C)c(C)cc2c(-c2cc3cc(C)c(C)c(OC)c3c(CO)n2)n1.COC(=O)c1cc2c(OC)c(C)c(C)cc2c([C@@H]2Cc3cc(C)c(C)c(OC)c3[C@H](CO)N2)n1. The van der Waals surface area contributed by atoms with Gasteiger partial charge in [-0.3, -0.25) is 5.32 Å². The van der Waals surface area contributed by atoms with Crippen LogP contribution in [0.5, 0.6) is 23.0 Å². The van der Waals surface area contributed by atoms with Gasteiger partial charge in [0.2, 0.25) is 0 Å². The summed E-state index contributed by atoms with van der Waals surface area (Å²) in [6, 6.07) is 13.0. The van der Waals surface area contributed by atoms with Crippen LogP contribution in [0, 0.1) is 55.4 Å². The predicted octanol–water partition coefficient (Wildman–Crippen LogP) is 9.17. The molecule has 4 heterocycles. The van der Waals surface area contributed by atoms with Crippen LogP contribution in [0.3, 0.4) is 0 Å². The van der Waals surface area contributed by atoms with Gasteiger partial charge in [-0.1, -0.05) is 12.1 Å². The molecule has 0 fully saturated rings. The largest absolute Gasteiger partial charge is 0.496 e. The molecule has 68 heavy (non-hydrogen) atoms. The Balaban J connectivity index is 0.000000201. The number of aryl methyl sites for hydroxylation is 4. The maximum absolute atomic E-state index is 12.5. The number of carbonyl (C=O) groups is 2. The predicted molar refractivity (Wildman–Crippen MR) is 263 cm³/mol. The number of benzene rings is 4. The zero-order valence-corrected chi connectivity index (χ0v) is 41.3. The van der Waals surface area contributed by atoms with Crippen LogP contribution < -0.4 is 24.3 Å². The summed E-state index contributed by atoms with van der Waals surface area (Å²) in [6.07, 6.45) is 0.630. The molecule has 0 unspecified atom stereocenters. The molecule has 2 atom stereocenters. The molecule has 0 spiro atoms. The number of rotatable bonds is 10. The highest BCUT2D eigenvalue weighted by Gasteiger charge is 2.34. The van der Waals surface area contributed by atoms with E-state index in [-0.39, 0.29) is 36.7 Å². The van der Waals surface area contributed by atoms with Gasteiger partial charge in [-0.2, -0.15) is 0 Å². The van der Waals surface area contributed by atoms with Gasteiger partial charge >= 0.3 is 11.9 Å². The Bertz CT molecular complexity index is 3160. The van der Waals surface area contributed by atoms with Crippen molar-refractivity contribution in [3.8, 4) is 34.4 Å². The van der Waals surface area contributed by atoms with Crippen molar-refractivity contribution >= 4 is 44.3 Å². The van der Waals surface area contributed by atoms with Crippen LogP contribution >= 0.6 is 0 Å². The monoisotopic (exact) mass is 924 g/mol. The van der Waals surface area contributed by atoms with Crippen molar-refractivity contribution in [1.29, 1.82) is 0 Å². The van der Waals surface area contributed by atoms with Crippen LogP contribution in [-0.4, -0.2) is 86.4 Å². The first-order valence-corrected chi connectivity index (χ1v) is 22.3. The molecule has 3 aromatic heterocycles. The molecule has 0 aliphatic carbocycles. The van der Waals surface area contributed by atoms with Gasteiger partial charge in [-0.05, 0) is 148 Å². The van der Waals surface area contributed by atoms with Crippen molar-refractivity contribution in [2.24, 2.45) is 0 Å². The highest BCUT2D eigenvalue weighted by atomic mass is 16.5. The molecule has 14 nitrogen and oxygen atoms in total. The molecular weight excluding hydrogens is 865 g/mol. The average Bonchev–Trinajstić information content (AvgIpc) is 3.34. The number of fused-ring (bicyclic) bond motifs is 4. The number of aliphatic hydroxyl groups excluding tert-OH is 2. The van der Waals surface area contributed by atoms with Crippen LogP contribution in [0.4, 0.5) is 0 Å². The minimum absolute atomic E-state index is 0.0988. The zero-order chi connectivity index (χ0) is 49.5. The quantitative estimate of drug-likeness (QED) is 0.111. The first-order chi connectivity index (χ1) is 32.5. The third kappa shape index (κ3) is 8.52. The Morgan fingerprint density at radius 2 is 1.09 bits per heavy atom. The summed E-state index contributed by atoms with van der Waals surface area (Å²) < 4.78 is 32.8. The van der Waals surface area contributed by atoms with E-state index < -0.39 is 11.9 Å². The Morgan fingerprint density at radius 3 is 1.63 bits per heavy atom. The van der Waals surface area contributed by atoms with Gasteiger partial charge in [0.25, 0.3) is 0 Å². The molecule has 1 aliphatic rings. The second kappa shape index (κ2) is 19.8. The first kappa shape index (κ1) is 49.0. The summed E-state index contributed by atoms with van der Waals surface area (Å²) in [7, 11) is 9.18. The molecule has 3 N–H and O–H groups in total. The zero-order valence-electron chi connectivity index (χ0n) is 41.3. The summed E-state index contributed by atoms with van der Waals surface area (Å²) >= 11 is 0. The number of aromatic nitrogens is 3. The Labute approximate surface area is 396 Å². The summed E-state index contributed by atoms with van der Waals surface area (Å²) in [6.45, 7) is 15.7. The molecule has 0 bridgehead atoms. The first-order valence-electron chi connectivity index (χ1n) is 22.3. The number of ether oxygens (including phenoxy) is 6. The van der Waals surface area contributed by atoms with Crippen LogP contribution in [0.25, 0.3) is 43.7 Å². The van der Waals surface area contributed by atoms with Gasteiger partial charge in [0.15, 0.2) is 0 Å². The minimum atomic E-state index is -0.556. The van der Waals surface area contributed by atoms with Crippen LogP contribution in [0.15, 0.2) is 42.5 Å². The molecule has 1 aliphatic heterocycles. The third-order valence-electron chi connectivity index (χ3n) is 13.5. The van der Waals surface area contributed by atoms with E-state index in [0.717, 1.165) is 99.4 Å². The van der Waals surface area contributed by atoms with E-state index in [4.69, 9.17) is 38.4 Å². The molecule has 14 heteroatoms. The van der Waals surface area contributed by atoms with Gasteiger partial charge in [-0.15, -0.1) is 0 Å². The van der Waals surface area contributed by atoms with Gasteiger partial charge < -0.3 is 38.6 Å². The molecule has 356 valence electrons. The van der Waals surface area contributed by atoms with E-state index in [1.54, 1.807) is 40.6 Å². The van der Waals surface area contributed by atoms with Gasteiger partial charge in [0.05, 0.1) is 90.7 Å². The number of hydrogen-bond acceptors (Lipinski definition) is 14. The van der Waals surface area contributed by atoms with Crippen molar-refractivity contribution in [1.82, 2.24) is 20.3 Å². The smallest absolute Gasteiger partial charge is 0.356 e. The lowest BCUT2D eigenvalue weighted by Gasteiger charge is -2.35. The molecule has 8 rings (SSSR count). The van der Waals surface area contributed by atoms with E-state index in [1.165, 1.54) is 14.2 Å². The van der Waals surface area contributed by atoms with Crippen molar-refractivity contribution in [2.45, 2.75) is 80.5 Å². The fourth-order valence-electron chi connectivity index (χ4n) is 9.53. The summed E-state index contributed by atoms with van der Waals surface area (Å²) in [5, 5.41) is 28.9. The Kier molecular flexibility index (Phi) is 14.3. The van der Waals surface area contributed by atoms with Gasteiger partial charge in [-0.25, -0.2) is 24.5 Å². The standard InChI is InChI=1S/C27H32N2O5.C27H28N2O5/c2*1-13-8-17-10-20(28-22(12-30)23(17)26(33-6)16(13)4)24-18-9-14(2)15(3)25(32-5)19(18)11-21(29-24)27(31)34-7/h8-9,11,20,22,28,30H,10,12H2,1-7H3;8-11,30H,12H2,1-7H3/t20-,22-;/m0./s1. The Morgan fingerprint density at radius 1 is 0.588 bits per heavy atom. The van der Waals surface area contributed by atoms with Crippen LogP contribution in [0.1, 0.15) is 100 Å². The number of aliphatic hydroxyl groups is 2. The molecular formula is C54H60N4O10. The van der Waals surface area contributed by atoms with E-state index in [0.29, 0.717) is 40.8 Å². The second-order valence-electron chi connectivity index (χ2n) is 17.3. The fourth-order valence-corrected chi connectivity index (χ4v) is 9.53. The summed E-state index contributed by atoms with van der Waals surface area (Å²) in [5.74, 6) is 1.81. The lowest BCUT2D eigenvalue weighted by Crippen LogP contribution is -2.36. The highest BCUT2D eigenvalue weighted by Crippen LogP contribution is 2.44. The Hall–Kier alpha value is -6.87. The van der Waals surface area contributed by atoms with Crippen LogP contribution in [0.2, 0.25) is 0 Å². The molecule has 7 aromatic rings. The highest BCUT2D eigenvalue weighted by molar-refractivity contribution is 6.05. The maximum atomic E-state index is 12.5. The molecule has 0 saturated heterocycles. The number of carbonyl (C=O) groups excluding carboxylic acids is 2. The molecule has 0 amide bonds. The minimum Gasteiger partial charge on any atom is -0.496 e. The van der Waals surface area contributed by atoms with E-state index in [2.05, 4.69) is 29.4 Å². The van der Waals surface area contributed by atoms with Crippen molar-refractivity contribution < 1.29 is 48.2 Å². The maximum Gasteiger partial charge on any atom is 0.356 e. The number of pyridine rings is 3. The average molecular weight is 925 g/mol. The van der Waals surface area contributed by atoms with Gasteiger partial charge in [0.1, 0.15) is 34.4 Å².